The molecular formula is C13H12ClNO. The molecule has 1 heterocycles. The first-order valence-electron chi connectivity index (χ1n) is 5.04. The van der Waals surface area contributed by atoms with Crippen LogP contribution in [0.1, 0.15) is 11.3 Å². The average Bonchev–Trinajstić information content (AvgIpc) is 2.32. The summed E-state index contributed by atoms with van der Waals surface area (Å²) in [6.07, 6.45) is 1.68. The van der Waals surface area contributed by atoms with Crippen LogP contribution in [0.15, 0.2) is 42.6 Å². The van der Waals surface area contributed by atoms with Gasteiger partial charge in [0.2, 0.25) is 0 Å². The van der Waals surface area contributed by atoms with E-state index in [9.17, 15) is 0 Å². The lowest BCUT2D eigenvalue weighted by Crippen LogP contribution is -1.96. The van der Waals surface area contributed by atoms with E-state index in [4.69, 9.17) is 16.3 Å². The normalized spacial score (nSPS) is 10.1. The topological polar surface area (TPSA) is 22.1 Å². The molecule has 16 heavy (non-hydrogen) atoms. The van der Waals surface area contributed by atoms with E-state index in [1.54, 1.807) is 12.3 Å². The Hall–Kier alpha value is -1.54. The minimum Gasteiger partial charge on any atom is -0.487 e. The number of benzene rings is 1. The number of rotatable bonds is 3. The first-order chi connectivity index (χ1) is 7.75. The van der Waals surface area contributed by atoms with Crippen molar-refractivity contribution in [3.8, 4) is 5.75 Å². The molecule has 0 saturated carbocycles. The van der Waals surface area contributed by atoms with Crippen molar-refractivity contribution in [2.75, 3.05) is 0 Å². The third kappa shape index (κ3) is 2.74. The molecule has 0 unspecified atom stereocenters. The molecule has 0 fully saturated rings. The summed E-state index contributed by atoms with van der Waals surface area (Å²) in [5.41, 5.74) is 1.94. The molecule has 2 rings (SSSR count). The van der Waals surface area contributed by atoms with E-state index >= 15 is 0 Å². The van der Waals surface area contributed by atoms with Crippen molar-refractivity contribution < 1.29 is 4.74 Å². The minimum absolute atomic E-state index is 0.530. The van der Waals surface area contributed by atoms with Crippen LogP contribution in [0, 0.1) is 6.92 Å². The molecule has 0 aliphatic rings. The van der Waals surface area contributed by atoms with Gasteiger partial charge in [0.1, 0.15) is 12.4 Å². The van der Waals surface area contributed by atoms with Gasteiger partial charge in [-0.25, -0.2) is 0 Å². The van der Waals surface area contributed by atoms with Crippen molar-refractivity contribution in [2.45, 2.75) is 13.5 Å². The largest absolute Gasteiger partial charge is 0.487 e. The predicted octanol–water partition coefficient (Wildman–Crippen LogP) is 3.62. The van der Waals surface area contributed by atoms with Crippen LogP contribution in [0.4, 0.5) is 0 Å². The lowest BCUT2D eigenvalue weighted by Gasteiger charge is -2.06. The van der Waals surface area contributed by atoms with Gasteiger partial charge in [0, 0.05) is 6.07 Å². The van der Waals surface area contributed by atoms with Crippen molar-refractivity contribution >= 4 is 11.6 Å². The second-order valence-corrected chi connectivity index (χ2v) is 3.92. The summed E-state index contributed by atoms with van der Waals surface area (Å²) in [7, 11) is 0. The monoisotopic (exact) mass is 233 g/mol. The number of aryl methyl sites for hydroxylation is 1. The van der Waals surface area contributed by atoms with Gasteiger partial charge in [-0.15, -0.1) is 0 Å². The van der Waals surface area contributed by atoms with Gasteiger partial charge in [0.05, 0.1) is 16.9 Å². The fourth-order valence-electron chi connectivity index (χ4n) is 1.31. The second-order valence-electron chi connectivity index (χ2n) is 3.51. The van der Waals surface area contributed by atoms with E-state index in [-0.39, 0.29) is 0 Å². The molecule has 3 heteroatoms. The Labute approximate surface area is 99.9 Å². The summed E-state index contributed by atoms with van der Waals surface area (Å²) in [5, 5.41) is 0.630. The maximum absolute atomic E-state index is 5.95. The Bertz CT molecular complexity index is 471. The van der Waals surface area contributed by atoms with Crippen LogP contribution in [0.3, 0.4) is 0 Å². The summed E-state index contributed by atoms with van der Waals surface area (Å²) in [6.45, 7) is 2.39. The average molecular weight is 234 g/mol. The number of hydrogen-bond donors (Lipinski definition) is 0. The molecule has 1 aromatic heterocycles. The van der Waals surface area contributed by atoms with Crippen molar-refractivity contribution in [2.24, 2.45) is 0 Å². The number of ether oxygens (including phenoxy) is 1. The maximum atomic E-state index is 5.95. The molecule has 0 amide bonds. The third-order valence-corrected chi connectivity index (χ3v) is 2.63. The Morgan fingerprint density at radius 2 is 2.00 bits per heavy atom. The smallest absolute Gasteiger partial charge is 0.139 e. The minimum atomic E-state index is 0.530. The summed E-state index contributed by atoms with van der Waals surface area (Å²) in [6, 6.07) is 11.8. The molecule has 0 N–H and O–H groups in total. The van der Waals surface area contributed by atoms with Crippen molar-refractivity contribution in [3.63, 3.8) is 0 Å². The van der Waals surface area contributed by atoms with Gasteiger partial charge in [-0.2, -0.15) is 0 Å². The summed E-state index contributed by atoms with van der Waals surface area (Å²) >= 11 is 5.95. The van der Waals surface area contributed by atoms with Crippen molar-refractivity contribution in [1.29, 1.82) is 0 Å². The number of hydrogen-bond acceptors (Lipinski definition) is 2. The Morgan fingerprint density at radius 3 is 2.69 bits per heavy atom. The van der Waals surface area contributed by atoms with Crippen molar-refractivity contribution in [3.05, 3.63) is 58.9 Å². The number of pyridine rings is 1. The number of nitrogens with zero attached hydrogens (tertiary/aromatic N) is 1. The van der Waals surface area contributed by atoms with Gasteiger partial charge in [0.15, 0.2) is 0 Å². The van der Waals surface area contributed by atoms with E-state index in [2.05, 4.69) is 4.98 Å². The van der Waals surface area contributed by atoms with Crippen LogP contribution in [-0.2, 0) is 6.61 Å². The zero-order valence-electron chi connectivity index (χ0n) is 8.98. The fourth-order valence-corrected chi connectivity index (χ4v) is 1.46. The first-order valence-corrected chi connectivity index (χ1v) is 5.42. The third-order valence-electron chi connectivity index (χ3n) is 2.25. The van der Waals surface area contributed by atoms with E-state index < -0.39 is 0 Å². The standard InChI is InChI=1S/C13H12ClNO/c1-10-13(14)7-12(8-15-10)16-9-11-5-3-2-4-6-11/h2-8H,9H2,1H3. The molecule has 0 bridgehead atoms. The van der Waals surface area contributed by atoms with E-state index in [0.717, 1.165) is 11.3 Å². The molecule has 0 aliphatic heterocycles. The SMILES string of the molecule is Cc1ncc(OCc2ccccc2)cc1Cl. The molecule has 0 spiro atoms. The van der Waals surface area contributed by atoms with Gasteiger partial charge in [-0.3, -0.25) is 4.98 Å². The highest BCUT2D eigenvalue weighted by atomic mass is 35.5. The van der Waals surface area contributed by atoms with Crippen molar-refractivity contribution in [1.82, 2.24) is 4.98 Å². The Morgan fingerprint density at radius 1 is 1.25 bits per heavy atom. The van der Waals surface area contributed by atoms with Crippen LogP contribution in [0.2, 0.25) is 5.02 Å². The molecule has 2 nitrogen and oxygen atoms in total. The number of aromatic nitrogens is 1. The highest BCUT2D eigenvalue weighted by Crippen LogP contribution is 2.20. The zero-order valence-corrected chi connectivity index (χ0v) is 9.74. The lowest BCUT2D eigenvalue weighted by atomic mass is 10.2. The van der Waals surface area contributed by atoms with Gasteiger partial charge < -0.3 is 4.74 Å². The van der Waals surface area contributed by atoms with Crippen LogP contribution >= 0.6 is 11.6 Å². The van der Waals surface area contributed by atoms with Crippen LogP contribution in [0.5, 0.6) is 5.75 Å². The summed E-state index contributed by atoms with van der Waals surface area (Å²) < 4.78 is 5.58. The number of halogens is 1. The van der Waals surface area contributed by atoms with Gasteiger partial charge >= 0.3 is 0 Å². The predicted molar refractivity (Wildman–Crippen MR) is 64.8 cm³/mol. The molecule has 0 radical (unpaired) electrons. The maximum Gasteiger partial charge on any atom is 0.139 e. The van der Waals surface area contributed by atoms with Crippen LogP contribution in [0.25, 0.3) is 0 Å². The lowest BCUT2D eigenvalue weighted by molar-refractivity contribution is 0.305. The molecule has 82 valence electrons. The quantitative estimate of drug-likeness (QED) is 0.808. The van der Waals surface area contributed by atoms with Crippen LogP contribution in [-0.4, -0.2) is 4.98 Å². The molecule has 2 aromatic rings. The highest BCUT2D eigenvalue weighted by Gasteiger charge is 2.00. The van der Waals surface area contributed by atoms with E-state index in [0.29, 0.717) is 17.4 Å². The van der Waals surface area contributed by atoms with E-state index in [1.165, 1.54) is 0 Å². The second kappa shape index (κ2) is 4.99. The van der Waals surface area contributed by atoms with E-state index in [1.807, 2.05) is 37.3 Å². The fraction of sp³-hybridized carbons (Fsp3) is 0.154. The Kier molecular flexibility index (Phi) is 3.42. The molecule has 0 atom stereocenters. The molecule has 0 aliphatic carbocycles. The van der Waals surface area contributed by atoms with Gasteiger partial charge in [-0.05, 0) is 12.5 Å². The summed E-state index contributed by atoms with van der Waals surface area (Å²) in [4.78, 5) is 4.13. The zero-order chi connectivity index (χ0) is 11.4. The molecule has 1 aromatic carbocycles. The van der Waals surface area contributed by atoms with Gasteiger partial charge in [0.25, 0.3) is 0 Å². The molecular weight excluding hydrogens is 222 g/mol. The highest BCUT2D eigenvalue weighted by molar-refractivity contribution is 6.31. The Balaban J connectivity index is 2.03. The van der Waals surface area contributed by atoms with Crippen LogP contribution < -0.4 is 4.74 Å². The summed E-state index contributed by atoms with van der Waals surface area (Å²) in [5.74, 6) is 0.694. The first kappa shape index (κ1) is 11.0. The molecule has 0 saturated heterocycles. The van der Waals surface area contributed by atoms with Gasteiger partial charge in [-0.1, -0.05) is 41.9 Å².